The molecular formula is C16H23NO6S. The Balaban J connectivity index is 2.49. The molecule has 0 radical (unpaired) electrons. The van der Waals surface area contributed by atoms with Gasteiger partial charge in [0.15, 0.2) is 0 Å². The summed E-state index contributed by atoms with van der Waals surface area (Å²) in [6.07, 6.45) is 0. The van der Waals surface area contributed by atoms with Crippen LogP contribution in [0.15, 0.2) is 17.0 Å². The van der Waals surface area contributed by atoms with Crippen molar-refractivity contribution in [1.29, 1.82) is 0 Å². The number of sulfonamides is 1. The molecule has 0 aliphatic carbocycles. The molecule has 1 aliphatic rings. The van der Waals surface area contributed by atoms with Crippen molar-refractivity contribution >= 4 is 16.0 Å². The molecule has 0 atom stereocenters. The van der Waals surface area contributed by atoms with Gasteiger partial charge < -0.3 is 14.2 Å². The topological polar surface area (TPSA) is 82.1 Å². The summed E-state index contributed by atoms with van der Waals surface area (Å²) in [6.45, 7) is 7.05. The van der Waals surface area contributed by atoms with E-state index < -0.39 is 16.0 Å². The summed E-state index contributed by atoms with van der Waals surface area (Å²) in [5.74, 6) is -0.270. The molecule has 24 heavy (non-hydrogen) atoms. The van der Waals surface area contributed by atoms with Gasteiger partial charge in [0, 0.05) is 13.1 Å². The lowest BCUT2D eigenvalue weighted by molar-refractivity contribution is 0.0521. The maximum atomic E-state index is 12.9. The fraction of sp³-hybridized carbons (Fsp3) is 0.562. The van der Waals surface area contributed by atoms with Gasteiger partial charge in [0.2, 0.25) is 10.0 Å². The largest absolute Gasteiger partial charge is 0.493 e. The van der Waals surface area contributed by atoms with E-state index in [1.165, 1.54) is 10.4 Å². The number of benzene rings is 1. The van der Waals surface area contributed by atoms with Gasteiger partial charge >= 0.3 is 5.97 Å². The minimum Gasteiger partial charge on any atom is -0.493 e. The maximum absolute atomic E-state index is 12.9. The van der Waals surface area contributed by atoms with Crippen LogP contribution in [0.4, 0.5) is 0 Å². The molecule has 1 aliphatic heterocycles. The highest BCUT2D eigenvalue weighted by Crippen LogP contribution is 2.29. The quantitative estimate of drug-likeness (QED) is 0.719. The summed E-state index contributed by atoms with van der Waals surface area (Å²) in [5.41, 5.74) is 0.647. The summed E-state index contributed by atoms with van der Waals surface area (Å²) in [7, 11) is -3.71. The Hall–Kier alpha value is -1.64. The van der Waals surface area contributed by atoms with Crippen LogP contribution in [0.2, 0.25) is 0 Å². The van der Waals surface area contributed by atoms with Crippen molar-refractivity contribution in [2.24, 2.45) is 0 Å². The Morgan fingerprint density at radius 2 is 1.88 bits per heavy atom. The van der Waals surface area contributed by atoms with E-state index >= 15 is 0 Å². The van der Waals surface area contributed by atoms with Crippen molar-refractivity contribution in [1.82, 2.24) is 4.31 Å². The van der Waals surface area contributed by atoms with Gasteiger partial charge in [-0.2, -0.15) is 4.31 Å². The molecule has 1 aromatic carbocycles. The fourth-order valence-electron chi connectivity index (χ4n) is 2.51. The molecular weight excluding hydrogens is 334 g/mol. The molecule has 1 fully saturated rings. The first-order chi connectivity index (χ1) is 11.4. The normalized spacial score (nSPS) is 16.0. The number of aryl methyl sites for hydroxylation is 1. The molecule has 134 valence electrons. The van der Waals surface area contributed by atoms with E-state index in [0.717, 1.165) is 0 Å². The Kier molecular flexibility index (Phi) is 6.20. The van der Waals surface area contributed by atoms with Gasteiger partial charge in [-0.3, -0.25) is 0 Å². The average molecular weight is 357 g/mol. The number of morpholine rings is 1. The zero-order valence-corrected chi connectivity index (χ0v) is 15.0. The average Bonchev–Trinajstić information content (AvgIpc) is 2.56. The highest BCUT2D eigenvalue weighted by Gasteiger charge is 2.30. The number of ether oxygens (including phenoxy) is 3. The van der Waals surface area contributed by atoms with Crippen LogP contribution < -0.4 is 4.74 Å². The first-order valence-corrected chi connectivity index (χ1v) is 9.38. The third-order valence-corrected chi connectivity index (χ3v) is 5.70. The van der Waals surface area contributed by atoms with Crippen molar-refractivity contribution in [3.63, 3.8) is 0 Å². The van der Waals surface area contributed by atoms with Crippen LogP contribution in [-0.4, -0.2) is 58.2 Å². The molecule has 0 bridgehead atoms. The van der Waals surface area contributed by atoms with E-state index in [1.807, 2.05) is 0 Å². The number of nitrogens with zero attached hydrogens (tertiary/aromatic N) is 1. The lowest BCUT2D eigenvalue weighted by Gasteiger charge is -2.27. The fourth-order valence-corrected chi connectivity index (χ4v) is 4.15. The van der Waals surface area contributed by atoms with Crippen LogP contribution in [0, 0.1) is 6.92 Å². The Bertz CT molecular complexity index is 695. The minimum atomic E-state index is -3.71. The van der Waals surface area contributed by atoms with Crippen LogP contribution >= 0.6 is 0 Å². The van der Waals surface area contributed by atoms with Gasteiger partial charge in [-0.05, 0) is 38.5 Å². The summed E-state index contributed by atoms with van der Waals surface area (Å²) >= 11 is 0. The third-order valence-electron chi connectivity index (χ3n) is 3.66. The second-order valence-electron chi connectivity index (χ2n) is 5.28. The highest BCUT2D eigenvalue weighted by atomic mass is 32.2. The summed E-state index contributed by atoms with van der Waals surface area (Å²) in [4.78, 5) is 12.3. The van der Waals surface area contributed by atoms with E-state index in [2.05, 4.69) is 0 Å². The second kappa shape index (κ2) is 7.96. The number of esters is 1. The van der Waals surface area contributed by atoms with Crippen LogP contribution in [0.3, 0.4) is 0 Å². The zero-order chi connectivity index (χ0) is 17.7. The first kappa shape index (κ1) is 18.7. The maximum Gasteiger partial charge on any atom is 0.341 e. The van der Waals surface area contributed by atoms with Crippen LogP contribution in [0.1, 0.15) is 29.8 Å². The smallest absolute Gasteiger partial charge is 0.341 e. The lowest BCUT2D eigenvalue weighted by Crippen LogP contribution is -2.40. The number of carbonyl (C=O) groups is 1. The van der Waals surface area contributed by atoms with Crippen molar-refractivity contribution in [3.05, 3.63) is 23.3 Å². The molecule has 0 amide bonds. The summed E-state index contributed by atoms with van der Waals surface area (Å²) in [5, 5.41) is 0. The van der Waals surface area contributed by atoms with Gasteiger partial charge in [0.25, 0.3) is 0 Å². The van der Waals surface area contributed by atoms with E-state index in [0.29, 0.717) is 44.2 Å². The van der Waals surface area contributed by atoms with Crippen LogP contribution in [0.5, 0.6) is 5.75 Å². The van der Waals surface area contributed by atoms with Crippen molar-refractivity contribution in [2.75, 3.05) is 39.5 Å². The van der Waals surface area contributed by atoms with Gasteiger partial charge in [-0.1, -0.05) is 0 Å². The number of hydrogen-bond donors (Lipinski definition) is 0. The third kappa shape index (κ3) is 3.88. The Morgan fingerprint density at radius 1 is 1.21 bits per heavy atom. The predicted octanol–water partition coefficient (Wildman–Crippen LogP) is 1.59. The number of rotatable bonds is 6. The van der Waals surface area contributed by atoms with Crippen molar-refractivity contribution < 1.29 is 27.4 Å². The monoisotopic (exact) mass is 357 g/mol. The Morgan fingerprint density at radius 3 is 2.46 bits per heavy atom. The van der Waals surface area contributed by atoms with E-state index in [4.69, 9.17) is 14.2 Å². The molecule has 2 rings (SSSR count). The molecule has 0 N–H and O–H groups in total. The van der Waals surface area contributed by atoms with Crippen LogP contribution in [-0.2, 0) is 19.5 Å². The summed E-state index contributed by atoms with van der Waals surface area (Å²) < 4.78 is 42.8. The molecule has 0 unspecified atom stereocenters. The molecule has 1 aromatic rings. The van der Waals surface area contributed by atoms with E-state index in [9.17, 15) is 13.2 Å². The Labute approximate surface area is 142 Å². The van der Waals surface area contributed by atoms with E-state index in [1.54, 1.807) is 26.8 Å². The van der Waals surface area contributed by atoms with Gasteiger partial charge in [0.05, 0.1) is 31.3 Å². The first-order valence-electron chi connectivity index (χ1n) is 7.94. The molecule has 0 spiro atoms. The molecule has 1 heterocycles. The second-order valence-corrected chi connectivity index (χ2v) is 7.19. The van der Waals surface area contributed by atoms with Crippen LogP contribution in [0.25, 0.3) is 0 Å². The molecule has 0 saturated carbocycles. The standard InChI is InChI=1S/C16H23NO6S/c1-4-22-14-10-12(3)15(11-13(14)16(18)23-5-2)24(19,20)17-6-8-21-9-7-17/h10-11H,4-9H2,1-3H3. The predicted molar refractivity (Wildman–Crippen MR) is 87.9 cm³/mol. The number of carbonyl (C=O) groups excluding carboxylic acids is 1. The van der Waals surface area contributed by atoms with Gasteiger partial charge in [-0.15, -0.1) is 0 Å². The number of hydrogen-bond acceptors (Lipinski definition) is 6. The molecule has 7 nitrogen and oxygen atoms in total. The highest BCUT2D eigenvalue weighted by molar-refractivity contribution is 7.89. The molecule has 8 heteroatoms. The molecule has 1 saturated heterocycles. The van der Waals surface area contributed by atoms with Gasteiger partial charge in [0.1, 0.15) is 11.3 Å². The summed E-state index contributed by atoms with van der Waals surface area (Å²) in [6, 6.07) is 2.92. The van der Waals surface area contributed by atoms with E-state index in [-0.39, 0.29) is 17.1 Å². The molecule has 0 aromatic heterocycles. The lowest BCUT2D eigenvalue weighted by atomic mass is 10.1. The zero-order valence-electron chi connectivity index (χ0n) is 14.2. The van der Waals surface area contributed by atoms with Gasteiger partial charge in [-0.25, -0.2) is 13.2 Å². The minimum absolute atomic E-state index is 0.0934. The SMILES string of the molecule is CCOC(=O)c1cc(S(=O)(=O)N2CCOCC2)c(C)cc1OCC. The van der Waals surface area contributed by atoms with Crippen molar-refractivity contribution in [3.8, 4) is 5.75 Å². The van der Waals surface area contributed by atoms with Crippen molar-refractivity contribution in [2.45, 2.75) is 25.7 Å².